The van der Waals surface area contributed by atoms with E-state index < -0.39 is 0 Å². The van der Waals surface area contributed by atoms with Crippen LogP contribution in [0, 0.1) is 0 Å². The third kappa shape index (κ3) is 3.31. The standard InChI is InChI=1S/C18H18Cl2O2/c19-16-8-4-9-17(20)15(16)12-21-13-18(10-5-11-22-18)14-6-2-1-3-7-14/h1-4,6-9H,5,10-13H2. The fourth-order valence-electron chi connectivity index (χ4n) is 2.85. The summed E-state index contributed by atoms with van der Waals surface area (Å²) in [6, 6.07) is 15.7. The third-order valence-electron chi connectivity index (χ3n) is 4.05. The average molecular weight is 337 g/mol. The van der Waals surface area contributed by atoms with E-state index in [2.05, 4.69) is 12.1 Å². The lowest BCUT2D eigenvalue weighted by atomic mass is 9.92. The highest BCUT2D eigenvalue weighted by molar-refractivity contribution is 6.35. The number of ether oxygens (including phenoxy) is 2. The van der Waals surface area contributed by atoms with Crippen LogP contribution in [0.5, 0.6) is 0 Å². The molecular weight excluding hydrogens is 319 g/mol. The lowest BCUT2D eigenvalue weighted by molar-refractivity contribution is -0.0727. The third-order valence-corrected chi connectivity index (χ3v) is 4.75. The molecule has 2 nitrogen and oxygen atoms in total. The van der Waals surface area contributed by atoms with Crippen molar-refractivity contribution in [2.75, 3.05) is 13.2 Å². The SMILES string of the molecule is Clc1cccc(Cl)c1COCC1(c2ccccc2)CCCO1. The van der Waals surface area contributed by atoms with Crippen LogP contribution >= 0.6 is 23.2 Å². The summed E-state index contributed by atoms with van der Waals surface area (Å²) in [7, 11) is 0. The molecule has 2 aromatic rings. The van der Waals surface area contributed by atoms with Gasteiger partial charge in [-0.1, -0.05) is 59.6 Å². The van der Waals surface area contributed by atoms with Gasteiger partial charge in [-0.15, -0.1) is 0 Å². The zero-order valence-corrected chi connectivity index (χ0v) is 13.7. The van der Waals surface area contributed by atoms with Crippen molar-refractivity contribution in [2.45, 2.75) is 25.0 Å². The molecule has 1 saturated heterocycles. The zero-order chi connectivity index (χ0) is 15.4. The Morgan fingerprint density at radius 3 is 2.36 bits per heavy atom. The van der Waals surface area contributed by atoms with Gasteiger partial charge >= 0.3 is 0 Å². The Balaban J connectivity index is 1.71. The summed E-state index contributed by atoms with van der Waals surface area (Å²) in [4.78, 5) is 0. The van der Waals surface area contributed by atoms with Crippen LogP contribution in [0.2, 0.25) is 10.0 Å². The number of halogens is 2. The second kappa shape index (κ2) is 7.01. The summed E-state index contributed by atoms with van der Waals surface area (Å²) >= 11 is 12.4. The molecule has 116 valence electrons. The maximum atomic E-state index is 6.18. The minimum Gasteiger partial charge on any atom is -0.373 e. The second-order valence-electron chi connectivity index (χ2n) is 5.51. The number of benzene rings is 2. The van der Waals surface area contributed by atoms with Crippen molar-refractivity contribution in [3.05, 3.63) is 69.7 Å². The molecular formula is C18H18Cl2O2. The number of hydrogen-bond acceptors (Lipinski definition) is 2. The molecule has 0 radical (unpaired) electrons. The molecule has 0 aromatic heterocycles. The van der Waals surface area contributed by atoms with Crippen LogP contribution in [0.4, 0.5) is 0 Å². The van der Waals surface area contributed by atoms with Crippen molar-refractivity contribution in [1.29, 1.82) is 0 Å². The lowest BCUT2D eigenvalue weighted by Gasteiger charge is -2.29. The van der Waals surface area contributed by atoms with Gasteiger partial charge in [0.05, 0.1) is 13.2 Å². The molecule has 3 rings (SSSR count). The molecule has 1 aliphatic rings. The smallest absolute Gasteiger partial charge is 0.116 e. The molecule has 1 fully saturated rings. The fraction of sp³-hybridized carbons (Fsp3) is 0.333. The van der Waals surface area contributed by atoms with E-state index in [0.29, 0.717) is 23.3 Å². The summed E-state index contributed by atoms with van der Waals surface area (Å²) in [6.45, 7) is 1.65. The first-order chi connectivity index (χ1) is 10.7. The van der Waals surface area contributed by atoms with Crippen LogP contribution in [-0.2, 0) is 21.7 Å². The molecule has 1 unspecified atom stereocenters. The van der Waals surface area contributed by atoms with Crippen molar-refractivity contribution >= 4 is 23.2 Å². The van der Waals surface area contributed by atoms with Crippen LogP contribution in [0.25, 0.3) is 0 Å². The largest absolute Gasteiger partial charge is 0.373 e. The predicted molar refractivity (Wildman–Crippen MR) is 89.4 cm³/mol. The topological polar surface area (TPSA) is 18.5 Å². The maximum absolute atomic E-state index is 6.18. The van der Waals surface area contributed by atoms with Gasteiger partial charge in [-0.05, 0) is 30.5 Å². The van der Waals surface area contributed by atoms with Crippen LogP contribution in [-0.4, -0.2) is 13.2 Å². The Kier molecular flexibility index (Phi) is 5.04. The Morgan fingerprint density at radius 1 is 1.00 bits per heavy atom. The molecule has 0 spiro atoms. The Hall–Kier alpha value is -1.06. The van der Waals surface area contributed by atoms with Crippen molar-refractivity contribution in [1.82, 2.24) is 0 Å². The molecule has 1 aliphatic heterocycles. The molecule has 0 N–H and O–H groups in total. The van der Waals surface area contributed by atoms with Crippen LogP contribution in [0.3, 0.4) is 0 Å². The van der Waals surface area contributed by atoms with Gasteiger partial charge in [0.1, 0.15) is 5.60 Å². The Morgan fingerprint density at radius 2 is 1.73 bits per heavy atom. The van der Waals surface area contributed by atoms with Gasteiger partial charge in [-0.25, -0.2) is 0 Å². The minimum atomic E-state index is -0.352. The molecule has 0 bridgehead atoms. The van der Waals surface area contributed by atoms with E-state index >= 15 is 0 Å². The Bertz CT molecular complexity index is 602. The highest BCUT2D eigenvalue weighted by Gasteiger charge is 2.37. The fourth-order valence-corrected chi connectivity index (χ4v) is 3.36. The maximum Gasteiger partial charge on any atom is 0.116 e. The zero-order valence-electron chi connectivity index (χ0n) is 12.2. The van der Waals surface area contributed by atoms with Gasteiger partial charge in [0.2, 0.25) is 0 Å². The summed E-state index contributed by atoms with van der Waals surface area (Å²) < 4.78 is 12.0. The van der Waals surface area contributed by atoms with Gasteiger partial charge < -0.3 is 9.47 Å². The minimum absolute atomic E-state index is 0.352. The lowest BCUT2D eigenvalue weighted by Crippen LogP contribution is -2.31. The monoisotopic (exact) mass is 336 g/mol. The summed E-state index contributed by atoms with van der Waals surface area (Å²) in [6.07, 6.45) is 2.01. The van der Waals surface area contributed by atoms with E-state index in [9.17, 15) is 0 Å². The van der Waals surface area contributed by atoms with Gasteiger partial charge in [-0.3, -0.25) is 0 Å². The molecule has 0 saturated carbocycles. The highest BCUT2D eigenvalue weighted by atomic mass is 35.5. The molecule has 0 aliphatic carbocycles. The molecule has 1 atom stereocenters. The van der Waals surface area contributed by atoms with Gasteiger partial charge in [0, 0.05) is 22.2 Å². The quantitative estimate of drug-likeness (QED) is 0.745. The van der Waals surface area contributed by atoms with E-state index in [1.54, 1.807) is 0 Å². The van der Waals surface area contributed by atoms with Crippen LogP contribution in [0.15, 0.2) is 48.5 Å². The second-order valence-corrected chi connectivity index (χ2v) is 6.32. The number of rotatable bonds is 5. The van der Waals surface area contributed by atoms with E-state index in [0.717, 1.165) is 30.6 Å². The molecule has 22 heavy (non-hydrogen) atoms. The normalized spacial score (nSPS) is 21.2. The summed E-state index contributed by atoms with van der Waals surface area (Å²) in [5, 5.41) is 1.27. The summed E-state index contributed by atoms with van der Waals surface area (Å²) in [5.74, 6) is 0. The molecule has 0 amide bonds. The average Bonchev–Trinajstić information content (AvgIpc) is 3.01. The van der Waals surface area contributed by atoms with E-state index in [-0.39, 0.29) is 5.60 Å². The molecule has 4 heteroatoms. The van der Waals surface area contributed by atoms with Crippen LogP contribution in [0.1, 0.15) is 24.0 Å². The van der Waals surface area contributed by atoms with Crippen LogP contribution < -0.4 is 0 Å². The number of hydrogen-bond donors (Lipinski definition) is 0. The summed E-state index contributed by atoms with van der Waals surface area (Å²) in [5.41, 5.74) is 1.64. The molecule has 2 aromatic carbocycles. The van der Waals surface area contributed by atoms with E-state index in [4.69, 9.17) is 32.7 Å². The van der Waals surface area contributed by atoms with Crippen molar-refractivity contribution in [2.24, 2.45) is 0 Å². The van der Waals surface area contributed by atoms with Crippen molar-refractivity contribution in [3.63, 3.8) is 0 Å². The first-order valence-electron chi connectivity index (χ1n) is 7.41. The van der Waals surface area contributed by atoms with E-state index in [1.807, 2.05) is 36.4 Å². The van der Waals surface area contributed by atoms with Gasteiger partial charge in [0.15, 0.2) is 0 Å². The Labute approximate surface area is 141 Å². The van der Waals surface area contributed by atoms with E-state index in [1.165, 1.54) is 0 Å². The highest BCUT2D eigenvalue weighted by Crippen LogP contribution is 2.37. The first kappa shape index (κ1) is 15.8. The predicted octanol–water partition coefficient (Wildman–Crippen LogP) is 5.22. The van der Waals surface area contributed by atoms with Crippen molar-refractivity contribution < 1.29 is 9.47 Å². The van der Waals surface area contributed by atoms with Gasteiger partial charge in [-0.2, -0.15) is 0 Å². The van der Waals surface area contributed by atoms with Crippen molar-refractivity contribution in [3.8, 4) is 0 Å². The molecule has 1 heterocycles. The van der Waals surface area contributed by atoms with Gasteiger partial charge in [0.25, 0.3) is 0 Å². The first-order valence-corrected chi connectivity index (χ1v) is 8.17.